The van der Waals surface area contributed by atoms with Crippen LogP contribution in [0.15, 0.2) is 18.2 Å². The van der Waals surface area contributed by atoms with Crippen molar-refractivity contribution < 1.29 is 5.11 Å². The Kier molecular flexibility index (Phi) is 3.57. The Labute approximate surface area is 90.7 Å². The summed E-state index contributed by atoms with van der Waals surface area (Å²) in [5, 5.41) is 9.96. The van der Waals surface area contributed by atoms with Gasteiger partial charge >= 0.3 is 0 Å². The number of hydrogen-bond acceptors (Lipinski definition) is 1. The number of rotatable bonds is 3. The first-order valence-corrected chi connectivity index (χ1v) is 5.18. The summed E-state index contributed by atoms with van der Waals surface area (Å²) < 4.78 is 0. The maximum atomic E-state index is 9.16. The second kappa shape index (κ2) is 4.33. The van der Waals surface area contributed by atoms with E-state index in [0.717, 1.165) is 17.0 Å². The number of aliphatic hydroxyl groups excluding tert-OH is 1. The largest absolute Gasteiger partial charge is 0.396 e. The lowest BCUT2D eigenvalue weighted by molar-refractivity contribution is 0.159. The lowest BCUT2D eigenvalue weighted by Gasteiger charge is -2.22. The van der Waals surface area contributed by atoms with Gasteiger partial charge in [-0.1, -0.05) is 37.6 Å². The fraction of sp³-hybridized carbons (Fsp3) is 0.500. The standard InChI is InChI=1S/C12H17ClO/c1-9-4-5-10(11(13)6-9)7-12(2,3)8-14/h4-6,14H,7-8H2,1-3H3. The van der Waals surface area contributed by atoms with E-state index in [2.05, 4.69) is 6.07 Å². The minimum absolute atomic E-state index is 0.0983. The van der Waals surface area contributed by atoms with Gasteiger partial charge in [-0.05, 0) is 36.0 Å². The van der Waals surface area contributed by atoms with Gasteiger partial charge in [0.15, 0.2) is 0 Å². The number of benzene rings is 1. The van der Waals surface area contributed by atoms with E-state index in [9.17, 15) is 0 Å². The molecule has 0 fully saturated rings. The summed E-state index contributed by atoms with van der Waals surface area (Å²) in [5.74, 6) is 0. The molecule has 14 heavy (non-hydrogen) atoms. The van der Waals surface area contributed by atoms with Gasteiger partial charge in [0.25, 0.3) is 0 Å². The molecule has 0 unspecified atom stereocenters. The Bertz CT molecular complexity index is 318. The van der Waals surface area contributed by atoms with Crippen LogP contribution in [0.4, 0.5) is 0 Å². The average Bonchev–Trinajstić information content (AvgIpc) is 2.10. The van der Waals surface area contributed by atoms with Crippen LogP contribution in [-0.2, 0) is 6.42 Å². The van der Waals surface area contributed by atoms with E-state index >= 15 is 0 Å². The summed E-state index contributed by atoms with van der Waals surface area (Å²) in [5.41, 5.74) is 2.18. The molecule has 0 heterocycles. The van der Waals surface area contributed by atoms with Gasteiger partial charge in [0, 0.05) is 11.6 Å². The van der Waals surface area contributed by atoms with Crippen molar-refractivity contribution >= 4 is 11.6 Å². The van der Waals surface area contributed by atoms with E-state index in [1.54, 1.807) is 0 Å². The van der Waals surface area contributed by atoms with Gasteiger partial charge in [-0.15, -0.1) is 0 Å². The van der Waals surface area contributed by atoms with Crippen LogP contribution in [0.25, 0.3) is 0 Å². The van der Waals surface area contributed by atoms with Crippen LogP contribution in [-0.4, -0.2) is 11.7 Å². The maximum Gasteiger partial charge on any atom is 0.0485 e. The molecule has 78 valence electrons. The molecule has 1 N–H and O–H groups in total. The fourth-order valence-electron chi connectivity index (χ4n) is 1.37. The topological polar surface area (TPSA) is 20.2 Å². The first kappa shape index (κ1) is 11.5. The van der Waals surface area contributed by atoms with Gasteiger partial charge in [-0.2, -0.15) is 0 Å². The lowest BCUT2D eigenvalue weighted by atomic mass is 9.86. The highest BCUT2D eigenvalue weighted by atomic mass is 35.5. The molecule has 0 aromatic heterocycles. The number of hydrogen-bond donors (Lipinski definition) is 1. The Morgan fingerprint density at radius 2 is 2.00 bits per heavy atom. The van der Waals surface area contributed by atoms with Crippen LogP contribution in [0.3, 0.4) is 0 Å². The monoisotopic (exact) mass is 212 g/mol. The second-order valence-electron chi connectivity index (χ2n) is 4.59. The van der Waals surface area contributed by atoms with Gasteiger partial charge in [-0.25, -0.2) is 0 Å². The Morgan fingerprint density at radius 1 is 1.36 bits per heavy atom. The van der Waals surface area contributed by atoms with E-state index in [-0.39, 0.29) is 12.0 Å². The van der Waals surface area contributed by atoms with Crippen molar-refractivity contribution in [2.24, 2.45) is 5.41 Å². The molecular weight excluding hydrogens is 196 g/mol. The van der Waals surface area contributed by atoms with E-state index in [0.29, 0.717) is 0 Å². The highest BCUT2D eigenvalue weighted by Gasteiger charge is 2.18. The summed E-state index contributed by atoms with van der Waals surface area (Å²) in [6, 6.07) is 6.05. The van der Waals surface area contributed by atoms with Crippen LogP contribution in [0.1, 0.15) is 25.0 Å². The number of aliphatic hydroxyl groups is 1. The molecule has 0 radical (unpaired) electrons. The highest BCUT2D eigenvalue weighted by Crippen LogP contribution is 2.26. The van der Waals surface area contributed by atoms with Crippen LogP contribution in [0.2, 0.25) is 5.02 Å². The van der Waals surface area contributed by atoms with Gasteiger partial charge in [0.05, 0.1) is 0 Å². The minimum Gasteiger partial charge on any atom is -0.396 e. The number of aryl methyl sites for hydroxylation is 1. The third-order valence-electron chi connectivity index (χ3n) is 2.31. The van der Waals surface area contributed by atoms with Crippen molar-refractivity contribution in [1.29, 1.82) is 0 Å². The van der Waals surface area contributed by atoms with Crippen molar-refractivity contribution in [2.75, 3.05) is 6.61 Å². The van der Waals surface area contributed by atoms with E-state index in [1.165, 1.54) is 5.56 Å². The molecule has 0 spiro atoms. The highest BCUT2D eigenvalue weighted by molar-refractivity contribution is 6.31. The molecular formula is C12H17ClO. The summed E-state index contributed by atoms with van der Waals surface area (Å²) in [4.78, 5) is 0. The zero-order valence-corrected chi connectivity index (χ0v) is 9.73. The molecule has 0 aliphatic carbocycles. The first-order valence-electron chi connectivity index (χ1n) is 4.80. The fourth-order valence-corrected chi connectivity index (χ4v) is 1.67. The molecule has 0 bridgehead atoms. The minimum atomic E-state index is -0.0983. The molecule has 0 aliphatic heterocycles. The predicted octanol–water partition coefficient (Wildman–Crippen LogP) is 3.21. The van der Waals surface area contributed by atoms with E-state index in [4.69, 9.17) is 16.7 Å². The Morgan fingerprint density at radius 3 is 2.50 bits per heavy atom. The van der Waals surface area contributed by atoms with Gasteiger partial charge < -0.3 is 5.11 Å². The van der Waals surface area contributed by atoms with Gasteiger partial charge in [0.1, 0.15) is 0 Å². The Hall–Kier alpha value is -0.530. The van der Waals surface area contributed by atoms with Crippen molar-refractivity contribution in [2.45, 2.75) is 27.2 Å². The van der Waals surface area contributed by atoms with E-state index in [1.807, 2.05) is 32.9 Å². The zero-order chi connectivity index (χ0) is 10.8. The molecule has 0 atom stereocenters. The first-order chi connectivity index (χ1) is 6.44. The van der Waals surface area contributed by atoms with Gasteiger partial charge in [-0.3, -0.25) is 0 Å². The zero-order valence-electron chi connectivity index (χ0n) is 8.97. The molecule has 0 amide bonds. The molecule has 0 aliphatic rings. The quantitative estimate of drug-likeness (QED) is 0.816. The normalized spacial score (nSPS) is 11.8. The van der Waals surface area contributed by atoms with Crippen molar-refractivity contribution in [1.82, 2.24) is 0 Å². The summed E-state index contributed by atoms with van der Waals surface area (Å²) in [7, 11) is 0. The van der Waals surface area contributed by atoms with Crippen LogP contribution < -0.4 is 0 Å². The predicted molar refractivity (Wildman–Crippen MR) is 60.8 cm³/mol. The third-order valence-corrected chi connectivity index (χ3v) is 2.66. The maximum absolute atomic E-state index is 9.16. The molecule has 1 aromatic rings. The van der Waals surface area contributed by atoms with Crippen LogP contribution in [0.5, 0.6) is 0 Å². The van der Waals surface area contributed by atoms with Crippen LogP contribution in [0, 0.1) is 12.3 Å². The molecule has 0 saturated carbocycles. The SMILES string of the molecule is Cc1ccc(CC(C)(C)CO)c(Cl)c1. The molecule has 1 nitrogen and oxygen atoms in total. The van der Waals surface area contributed by atoms with E-state index < -0.39 is 0 Å². The summed E-state index contributed by atoms with van der Waals surface area (Å²) >= 11 is 6.11. The molecule has 0 saturated heterocycles. The van der Waals surface area contributed by atoms with Gasteiger partial charge in [0.2, 0.25) is 0 Å². The second-order valence-corrected chi connectivity index (χ2v) is 5.00. The average molecular weight is 213 g/mol. The Balaban J connectivity index is 2.87. The van der Waals surface area contributed by atoms with Crippen molar-refractivity contribution in [3.05, 3.63) is 34.3 Å². The van der Waals surface area contributed by atoms with Crippen molar-refractivity contribution in [3.63, 3.8) is 0 Å². The molecule has 1 rings (SSSR count). The smallest absolute Gasteiger partial charge is 0.0485 e. The number of halogens is 1. The summed E-state index contributed by atoms with van der Waals surface area (Å²) in [6.45, 7) is 6.26. The lowest BCUT2D eigenvalue weighted by Crippen LogP contribution is -2.19. The van der Waals surface area contributed by atoms with Crippen molar-refractivity contribution in [3.8, 4) is 0 Å². The molecule has 2 heteroatoms. The third kappa shape index (κ3) is 3.00. The van der Waals surface area contributed by atoms with Crippen LogP contribution >= 0.6 is 11.6 Å². The summed E-state index contributed by atoms with van der Waals surface area (Å²) in [6.07, 6.45) is 0.808. The molecule has 1 aromatic carbocycles.